The van der Waals surface area contributed by atoms with Crippen LogP contribution in [0.5, 0.6) is 0 Å². The van der Waals surface area contributed by atoms with Gasteiger partial charge in [-0.05, 0) is 11.6 Å². The Morgan fingerprint density at radius 2 is 1.51 bits per heavy atom. The van der Waals surface area contributed by atoms with Crippen molar-refractivity contribution in [2.45, 2.75) is 13.1 Å². The molecule has 4 aromatic rings. The molecule has 0 N–H and O–H groups in total. The highest BCUT2D eigenvalue weighted by atomic mass is 16.5. The van der Waals surface area contributed by atoms with Gasteiger partial charge in [-0.1, -0.05) is 54.6 Å². The summed E-state index contributed by atoms with van der Waals surface area (Å²) in [5.41, 5.74) is 3.10. The molecular formula is C29H32N8O2. The molecule has 0 saturated carbocycles. The van der Waals surface area contributed by atoms with Crippen LogP contribution in [0.25, 0.3) is 22.8 Å². The highest BCUT2D eigenvalue weighted by molar-refractivity contribution is 5.77. The van der Waals surface area contributed by atoms with Crippen LogP contribution in [0.4, 0.5) is 5.95 Å². The van der Waals surface area contributed by atoms with E-state index in [1.165, 1.54) is 5.56 Å². The number of benzene rings is 2. The average molecular weight is 525 g/mol. The SMILES string of the molecule is O=C(Cn1nc(-c2ccccc2)nc1-c1ccc(CN2CCOCC2)cc1)N1CCN(c2ncccn2)CC1. The van der Waals surface area contributed by atoms with Crippen LogP contribution in [0.2, 0.25) is 0 Å². The van der Waals surface area contributed by atoms with Gasteiger partial charge in [0.25, 0.3) is 0 Å². The molecule has 4 heterocycles. The number of rotatable bonds is 7. The first-order valence-corrected chi connectivity index (χ1v) is 13.4. The summed E-state index contributed by atoms with van der Waals surface area (Å²) in [6, 6.07) is 20.1. The first-order chi connectivity index (χ1) is 19.2. The van der Waals surface area contributed by atoms with Gasteiger partial charge in [0, 0.05) is 69.3 Å². The molecule has 39 heavy (non-hydrogen) atoms. The Morgan fingerprint density at radius 1 is 0.795 bits per heavy atom. The second kappa shape index (κ2) is 11.7. The van der Waals surface area contributed by atoms with Crippen molar-refractivity contribution >= 4 is 11.9 Å². The zero-order chi connectivity index (χ0) is 26.4. The number of carbonyl (C=O) groups excluding carboxylic acids is 1. The van der Waals surface area contributed by atoms with Crippen molar-refractivity contribution in [2.24, 2.45) is 0 Å². The molecule has 6 rings (SSSR count). The van der Waals surface area contributed by atoms with E-state index in [0.29, 0.717) is 43.8 Å². The van der Waals surface area contributed by atoms with E-state index in [0.717, 1.165) is 44.0 Å². The van der Waals surface area contributed by atoms with E-state index in [2.05, 4.69) is 44.0 Å². The highest BCUT2D eigenvalue weighted by Crippen LogP contribution is 2.24. The van der Waals surface area contributed by atoms with E-state index in [1.54, 1.807) is 23.1 Å². The third kappa shape index (κ3) is 5.97. The molecule has 2 aromatic heterocycles. The molecule has 1 amide bonds. The second-order valence-electron chi connectivity index (χ2n) is 9.78. The molecule has 0 radical (unpaired) electrons. The number of amides is 1. The van der Waals surface area contributed by atoms with Crippen LogP contribution in [0.1, 0.15) is 5.56 Å². The monoisotopic (exact) mass is 524 g/mol. The van der Waals surface area contributed by atoms with Crippen LogP contribution in [0.3, 0.4) is 0 Å². The number of carbonyl (C=O) groups is 1. The molecule has 0 atom stereocenters. The largest absolute Gasteiger partial charge is 0.379 e. The van der Waals surface area contributed by atoms with Crippen molar-refractivity contribution in [3.8, 4) is 22.8 Å². The predicted octanol–water partition coefficient (Wildman–Crippen LogP) is 2.58. The van der Waals surface area contributed by atoms with Gasteiger partial charge in [0.2, 0.25) is 11.9 Å². The molecule has 0 bridgehead atoms. The lowest BCUT2D eigenvalue weighted by molar-refractivity contribution is -0.132. The molecule has 0 spiro atoms. The van der Waals surface area contributed by atoms with E-state index in [1.807, 2.05) is 35.2 Å². The summed E-state index contributed by atoms with van der Waals surface area (Å²) < 4.78 is 7.21. The second-order valence-corrected chi connectivity index (χ2v) is 9.78. The maximum atomic E-state index is 13.4. The maximum absolute atomic E-state index is 13.4. The summed E-state index contributed by atoms with van der Waals surface area (Å²) in [6.07, 6.45) is 3.48. The molecule has 10 heteroatoms. The van der Waals surface area contributed by atoms with Crippen molar-refractivity contribution in [1.29, 1.82) is 0 Å². The summed E-state index contributed by atoms with van der Waals surface area (Å²) in [6.45, 7) is 7.11. The zero-order valence-electron chi connectivity index (χ0n) is 21.9. The Morgan fingerprint density at radius 3 is 2.23 bits per heavy atom. The number of nitrogens with zero attached hydrogens (tertiary/aromatic N) is 8. The normalized spacial score (nSPS) is 16.4. The minimum absolute atomic E-state index is 0.0262. The van der Waals surface area contributed by atoms with Gasteiger partial charge in [0.05, 0.1) is 13.2 Å². The third-order valence-corrected chi connectivity index (χ3v) is 7.18. The van der Waals surface area contributed by atoms with E-state index in [9.17, 15) is 4.79 Å². The number of hydrogen-bond acceptors (Lipinski definition) is 8. The molecule has 0 unspecified atom stereocenters. The van der Waals surface area contributed by atoms with Gasteiger partial charge in [0.1, 0.15) is 6.54 Å². The van der Waals surface area contributed by atoms with Crippen molar-refractivity contribution in [2.75, 3.05) is 57.4 Å². The molecule has 2 saturated heterocycles. The van der Waals surface area contributed by atoms with Gasteiger partial charge in [-0.2, -0.15) is 0 Å². The minimum atomic E-state index is 0.0262. The standard InChI is InChI=1S/C29H32N8O2/c38-26(35-13-15-36(16-14-35)29-30-11-4-12-31-29)22-37-28(32-27(33-37)24-5-2-1-3-6-24)25-9-7-23(8-10-25)21-34-17-19-39-20-18-34/h1-12H,13-22H2. The molecule has 2 aliphatic rings. The molecule has 2 fully saturated rings. The van der Waals surface area contributed by atoms with Crippen molar-refractivity contribution < 1.29 is 9.53 Å². The van der Waals surface area contributed by atoms with Crippen LogP contribution in [0, 0.1) is 0 Å². The Labute approximate surface area is 227 Å². The fraction of sp³-hybridized carbons (Fsp3) is 0.345. The van der Waals surface area contributed by atoms with Gasteiger partial charge in [-0.3, -0.25) is 9.69 Å². The van der Waals surface area contributed by atoms with E-state index in [-0.39, 0.29) is 12.5 Å². The van der Waals surface area contributed by atoms with Gasteiger partial charge in [-0.25, -0.2) is 19.6 Å². The molecule has 200 valence electrons. The number of anilines is 1. The third-order valence-electron chi connectivity index (χ3n) is 7.18. The van der Waals surface area contributed by atoms with Gasteiger partial charge in [-0.15, -0.1) is 5.10 Å². The summed E-state index contributed by atoms with van der Waals surface area (Å²) in [7, 11) is 0. The van der Waals surface area contributed by atoms with Crippen LogP contribution >= 0.6 is 0 Å². The summed E-state index contributed by atoms with van der Waals surface area (Å²) >= 11 is 0. The minimum Gasteiger partial charge on any atom is -0.379 e. The van der Waals surface area contributed by atoms with Crippen LogP contribution < -0.4 is 4.90 Å². The van der Waals surface area contributed by atoms with Crippen LogP contribution in [0.15, 0.2) is 73.1 Å². The molecular weight excluding hydrogens is 492 g/mol. The molecule has 2 aromatic carbocycles. The van der Waals surface area contributed by atoms with Crippen LogP contribution in [-0.4, -0.2) is 92.9 Å². The number of aromatic nitrogens is 5. The van der Waals surface area contributed by atoms with Crippen molar-refractivity contribution in [3.05, 3.63) is 78.6 Å². The first-order valence-electron chi connectivity index (χ1n) is 13.4. The van der Waals surface area contributed by atoms with Gasteiger partial charge >= 0.3 is 0 Å². The van der Waals surface area contributed by atoms with Gasteiger partial charge < -0.3 is 14.5 Å². The first kappa shape index (κ1) is 25.1. The predicted molar refractivity (Wildman–Crippen MR) is 148 cm³/mol. The summed E-state index contributed by atoms with van der Waals surface area (Å²) in [5, 5.41) is 4.78. The molecule has 0 aliphatic carbocycles. The van der Waals surface area contributed by atoms with Crippen LogP contribution in [-0.2, 0) is 22.6 Å². The lowest BCUT2D eigenvalue weighted by Crippen LogP contribution is -2.50. The Bertz CT molecular complexity index is 1360. The number of morpholine rings is 1. The summed E-state index contributed by atoms with van der Waals surface area (Å²) in [4.78, 5) is 33.3. The van der Waals surface area contributed by atoms with E-state index < -0.39 is 0 Å². The van der Waals surface area contributed by atoms with Crippen molar-refractivity contribution in [3.63, 3.8) is 0 Å². The molecule has 10 nitrogen and oxygen atoms in total. The highest BCUT2D eigenvalue weighted by Gasteiger charge is 2.24. The topological polar surface area (TPSA) is 92.5 Å². The lowest BCUT2D eigenvalue weighted by Gasteiger charge is -2.34. The van der Waals surface area contributed by atoms with E-state index >= 15 is 0 Å². The number of piperazine rings is 1. The number of hydrogen-bond donors (Lipinski definition) is 0. The number of ether oxygens (including phenoxy) is 1. The fourth-order valence-electron chi connectivity index (χ4n) is 4.99. The fourth-order valence-corrected chi connectivity index (χ4v) is 4.99. The zero-order valence-corrected chi connectivity index (χ0v) is 21.9. The molecule has 2 aliphatic heterocycles. The smallest absolute Gasteiger partial charge is 0.244 e. The summed E-state index contributed by atoms with van der Waals surface area (Å²) in [5.74, 6) is 2.03. The Kier molecular flexibility index (Phi) is 7.55. The van der Waals surface area contributed by atoms with E-state index in [4.69, 9.17) is 14.8 Å². The lowest BCUT2D eigenvalue weighted by atomic mass is 10.1. The average Bonchev–Trinajstić information content (AvgIpc) is 3.43. The Hall–Kier alpha value is -4.15. The Balaban J connectivity index is 1.19. The quantitative estimate of drug-likeness (QED) is 0.364. The maximum Gasteiger partial charge on any atom is 0.244 e. The van der Waals surface area contributed by atoms with Gasteiger partial charge in [0.15, 0.2) is 11.6 Å². The van der Waals surface area contributed by atoms with Crippen molar-refractivity contribution in [1.82, 2.24) is 34.5 Å².